The van der Waals surface area contributed by atoms with E-state index in [2.05, 4.69) is 50.3 Å². The zero-order chi connectivity index (χ0) is 24.6. The van der Waals surface area contributed by atoms with Crippen LogP contribution in [0.5, 0.6) is 0 Å². The van der Waals surface area contributed by atoms with Crippen molar-refractivity contribution >= 4 is 11.4 Å². The summed E-state index contributed by atoms with van der Waals surface area (Å²) in [5, 5.41) is 0. The first kappa shape index (κ1) is 26.4. The van der Waals surface area contributed by atoms with Gasteiger partial charge in [0.05, 0.1) is 0 Å². The number of nitrogens with two attached hydrogens (primary N) is 2. The molecule has 0 aliphatic heterocycles. The zero-order valence-electron chi connectivity index (χ0n) is 22.6. The summed E-state index contributed by atoms with van der Waals surface area (Å²) in [4.78, 5) is 0. The predicted octanol–water partition coefficient (Wildman–Crippen LogP) is 9.29. The summed E-state index contributed by atoms with van der Waals surface area (Å²) in [6.45, 7) is 4.70. The van der Waals surface area contributed by atoms with E-state index < -0.39 is 0 Å². The Balaban J connectivity index is 1.14. The van der Waals surface area contributed by atoms with Gasteiger partial charge in [-0.15, -0.1) is 0 Å². The maximum atomic E-state index is 6.04. The van der Waals surface area contributed by atoms with Crippen LogP contribution in [-0.4, -0.2) is 0 Å². The number of benzene rings is 1. The molecule has 3 aliphatic rings. The average Bonchev–Trinajstić information content (AvgIpc) is 2.87. The molecule has 0 radical (unpaired) electrons. The van der Waals surface area contributed by atoms with Crippen molar-refractivity contribution in [3.05, 3.63) is 48.1 Å². The topological polar surface area (TPSA) is 52.0 Å². The summed E-state index contributed by atoms with van der Waals surface area (Å²) in [6.07, 6.45) is 29.9. The predicted molar refractivity (Wildman–Crippen MR) is 153 cm³/mol. The minimum Gasteiger partial charge on any atom is -0.399 e. The second-order valence-corrected chi connectivity index (χ2v) is 12.4. The van der Waals surface area contributed by atoms with E-state index in [9.17, 15) is 0 Å². The van der Waals surface area contributed by atoms with E-state index in [1.807, 2.05) is 6.07 Å². The SMILES string of the molecule is CCCC1CCC(/C=C/C2CCC(/C=C/C3CCC(C(C)c4cc(N)cc(N)c4)CC3)CC2)CC1. The molecule has 1 aromatic carbocycles. The van der Waals surface area contributed by atoms with Crippen molar-refractivity contribution in [2.24, 2.45) is 35.5 Å². The molecule has 4 rings (SSSR count). The molecule has 0 heterocycles. The van der Waals surface area contributed by atoms with Gasteiger partial charge in [-0.05, 0) is 142 Å². The van der Waals surface area contributed by atoms with Crippen molar-refractivity contribution < 1.29 is 0 Å². The number of anilines is 2. The number of nitrogen functional groups attached to an aromatic ring is 2. The van der Waals surface area contributed by atoms with Gasteiger partial charge < -0.3 is 11.5 Å². The molecule has 3 aliphatic carbocycles. The first-order valence-electron chi connectivity index (χ1n) is 15.0. The van der Waals surface area contributed by atoms with Crippen LogP contribution in [0.2, 0.25) is 0 Å². The van der Waals surface area contributed by atoms with Gasteiger partial charge in [-0.2, -0.15) is 0 Å². The Hall–Kier alpha value is -1.70. The lowest BCUT2D eigenvalue weighted by Gasteiger charge is -2.32. The van der Waals surface area contributed by atoms with Crippen LogP contribution >= 0.6 is 0 Å². The molecular weight excluding hydrogens is 424 g/mol. The van der Waals surface area contributed by atoms with Gasteiger partial charge >= 0.3 is 0 Å². The molecule has 194 valence electrons. The largest absolute Gasteiger partial charge is 0.399 e. The Morgan fingerprint density at radius 3 is 1.49 bits per heavy atom. The highest BCUT2D eigenvalue weighted by atomic mass is 14.6. The Labute approximate surface area is 216 Å². The van der Waals surface area contributed by atoms with Crippen LogP contribution in [0.25, 0.3) is 0 Å². The highest BCUT2D eigenvalue weighted by Gasteiger charge is 2.26. The fourth-order valence-electron chi connectivity index (χ4n) is 7.31. The third-order valence-electron chi connectivity index (χ3n) is 9.77. The molecule has 4 N–H and O–H groups in total. The number of allylic oxidation sites excluding steroid dienone is 4. The van der Waals surface area contributed by atoms with Crippen LogP contribution in [0, 0.1) is 35.5 Å². The molecule has 0 aromatic heterocycles. The molecule has 2 heteroatoms. The molecule has 2 nitrogen and oxygen atoms in total. The summed E-state index contributed by atoms with van der Waals surface area (Å²) in [5.41, 5.74) is 15.0. The van der Waals surface area contributed by atoms with Gasteiger partial charge in [0.2, 0.25) is 0 Å². The highest BCUT2D eigenvalue weighted by molar-refractivity contribution is 5.55. The van der Waals surface area contributed by atoms with E-state index in [0.29, 0.717) is 5.92 Å². The smallest absolute Gasteiger partial charge is 0.0337 e. The summed E-state index contributed by atoms with van der Waals surface area (Å²) < 4.78 is 0. The van der Waals surface area contributed by atoms with Crippen LogP contribution in [0.1, 0.15) is 115 Å². The van der Waals surface area contributed by atoms with Crippen molar-refractivity contribution in [1.29, 1.82) is 0 Å². The Bertz CT molecular complexity index is 795. The third-order valence-corrected chi connectivity index (χ3v) is 9.77. The van der Waals surface area contributed by atoms with Crippen molar-refractivity contribution in [2.45, 2.75) is 110 Å². The van der Waals surface area contributed by atoms with Crippen LogP contribution in [0.3, 0.4) is 0 Å². The van der Waals surface area contributed by atoms with Crippen LogP contribution < -0.4 is 11.5 Å². The molecule has 0 bridgehead atoms. The molecule has 3 saturated carbocycles. The Kier molecular flexibility index (Phi) is 9.81. The van der Waals surface area contributed by atoms with Crippen molar-refractivity contribution in [3.63, 3.8) is 0 Å². The first-order valence-corrected chi connectivity index (χ1v) is 15.0. The third kappa shape index (κ3) is 7.89. The summed E-state index contributed by atoms with van der Waals surface area (Å²) in [7, 11) is 0. The lowest BCUT2D eigenvalue weighted by atomic mass is 9.73. The van der Waals surface area contributed by atoms with E-state index in [0.717, 1.165) is 46.9 Å². The molecule has 1 unspecified atom stereocenters. The van der Waals surface area contributed by atoms with E-state index in [1.54, 1.807) is 0 Å². The minimum atomic E-state index is 0.542. The molecular formula is C33H52N2. The van der Waals surface area contributed by atoms with Crippen molar-refractivity contribution in [1.82, 2.24) is 0 Å². The lowest BCUT2D eigenvalue weighted by Crippen LogP contribution is -2.19. The summed E-state index contributed by atoms with van der Waals surface area (Å²) in [6, 6.07) is 6.11. The first-order chi connectivity index (χ1) is 17.0. The molecule has 3 fully saturated rings. The summed E-state index contributed by atoms with van der Waals surface area (Å²) in [5.74, 6) is 5.63. The highest BCUT2D eigenvalue weighted by Crippen LogP contribution is 2.40. The normalized spacial score (nSPS) is 33.3. The fraction of sp³-hybridized carbons (Fsp3) is 0.697. The van der Waals surface area contributed by atoms with Crippen LogP contribution in [0.15, 0.2) is 42.5 Å². The maximum absolute atomic E-state index is 6.04. The molecule has 0 amide bonds. The zero-order valence-corrected chi connectivity index (χ0v) is 22.6. The van der Waals surface area contributed by atoms with Crippen molar-refractivity contribution in [2.75, 3.05) is 11.5 Å². The van der Waals surface area contributed by atoms with Gasteiger partial charge in [0.15, 0.2) is 0 Å². The number of hydrogen-bond acceptors (Lipinski definition) is 2. The van der Waals surface area contributed by atoms with Gasteiger partial charge in [0, 0.05) is 11.4 Å². The molecule has 35 heavy (non-hydrogen) atoms. The standard InChI is InChI=1S/C33H52N2/c1-3-4-25-5-7-26(8-6-25)9-10-27-11-13-28(14-12-27)15-16-29-17-19-30(20-18-29)24(2)31-21-32(34)23-33(35)22-31/h9-10,15-16,21-30H,3-8,11-14,17-20,34-35H2,1-2H3/b10-9+,16-15+. The monoisotopic (exact) mass is 476 g/mol. The van der Waals surface area contributed by atoms with Gasteiger partial charge in [-0.3, -0.25) is 0 Å². The number of rotatable bonds is 8. The van der Waals surface area contributed by atoms with Crippen LogP contribution in [0.4, 0.5) is 11.4 Å². The Morgan fingerprint density at radius 2 is 1.06 bits per heavy atom. The Morgan fingerprint density at radius 1 is 0.657 bits per heavy atom. The minimum absolute atomic E-state index is 0.542. The van der Waals surface area contributed by atoms with Crippen molar-refractivity contribution in [3.8, 4) is 0 Å². The fourth-order valence-corrected chi connectivity index (χ4v) is 7.31. The van der Waals surface area contributed by atoms with E-state index in [1.165, 1.54) is 95.5 Å². The van der Waals surface area contributed by atoms with Gasteiger partial charge in [0.1, 0.15) is 0 Å². The second kappa shape index (κ2) is 13.0. The van der Waals surface area contributed by atoms with Gasteiger partial charge in [-0.25, -0.2) is 0 Å². The van der Waals surface area contributed by atoms with Gasteiger partial charge in [-0.1, -0.05) is 51.0 Å². The second-order valence-electron chi connectivity index (χ2n) is 12.4. The maximum Gasteiger partial charge on any atom is 0.0337 e. The van der Waals surface area contributed by atoms with E-state index in [4.69, 9.17) is 11.5 Å². The molecule has 1 atom stereocenters. The molecule has 0 saturated heterocycles. The molecule has 1 aromatic rings. The number of hydrogen-bond donors (Lipinski definition) is 2. The average molecular weight is 477 g/mol. The lowest BCUT2D eigenvalue weighted by molar-refractivity contribution is 0.276. The van der Waals surface area contributed by atoms with E-state index in [-0.39, 0.29) is 0 Å². The van der Waals surface area contributed by atoms with Crippen LogP contribution in [-0.2, 0) is 0 Å². The molecule has 0 spiro atoms. The summed E-state index contributed by atoms with van der Waals surface area (Å²) >= 11 is 0. The van der Waals surface area contributed by atoms with Gasteiger partial charge in [0.25, 0.3) is 0 Å². The van der Waals surface area contributed by atoms with E-state index >= 15 is 0 Å². The quantitative estimate of drug-likeness (QED) is 0.290.